The fourth-order valence-electron chi connectivity index (χ4n) is 0.753. The van der Waals surface area contributed by atoms with Crippen LogP contribution in [-0.4, -0.2) is 11.2 Å². The SMILES string of the molecule is N=C(N)N(O)c1ccccc1Cl. The van der Waals surface area contributed by atoms with Crippen LogP contribution in [0.25, 0.3) is 0 Å². The van der Waals surface area contributed by atoms with Crippen LogP contribution in [0.2, 0.25) is 5.02 Å². The zero-order valence-corrected chi connectivity index (χ0v) is 6.92. The molecule has 1 aromatic rings. The lowest BCUT2D eigenvalue weighted by atomic mass is 10.3. The third kappa shape index (κ3) is 1.66. The number of rotatable bonds is 1. The summed E-state index contributed by atoms with van der Waals surface area (Å²) in [5.74, 6) is -0.469. The van der Waals surface area contributed by atoms with Gasteiger partial charge in [-0.1, -0.05) is 23.7 Å². The molecule has 0 heterocycles. The van der Waals surface area contributed by atoms with Crippen LogP contribution in [0.1, 0.15) is 0 Å². The average Bonchev–Trinajstić information content (AvgIpc) is 2.04. The topological polar surface area (TPSA) is 73.3 Å². The maximum absolute atomic E-state index is 9.18. The summed E-state index contributed by atoms with van der Waals surface area (Å²) in [5, 5.41) is 17.0. The van der Waals surface area contributed by atoms with Crippen molar-refractivity contribution >= 4 is 23.2 Å². The molecule has 0 saturated carbocycles. The molecule has 0 bridgehead atoms. The van der Waals surface area contributed by atoms with Gasteiger partial charge in [0.2, 0.25) is 5.96 Å². The predicted octanol–water partition coefficient (Wildman–Crippen LogP) is 1.43. The lowest BCUT2D eigenvalue weighted by Gasteiger charge is -2.14. The van der Waals surface area contributed by atoms with Crippen molar-refractivity contribution in [2.24, 2.45) is 5.73 Å². The van der Waals surface area contributed by atoms with Crippen LogP contribution in [0.4, 0.5) is 5.69 Å². The van der Waals surface area contributed by atoms with Crippen molar-refractivity contribution < 1.29 is 5.21 Å². The number of benzene rings is 1. The molecule has 12 heavy (non-hydrogen) atoms. The second-order valence-electron chi connectivity index (χ2n) is 2.15. The van der Waals surface area contributed by atoms with Gasteiger partial charge in [0, 0.05) is 0 Å². The normalized spacial score (nSPS) is 9.50. The fourth-order valence-corrected chi connectivity index (χ4v) is 0.969. The van der Waals surface area contributed by atoms with E-state index in [4.69, 9.17) is 22.7 Å². The van der Waals surface area contributed by atoms with Gasteiger partial charge in [0.05, 0.1) is 10.7 Å². The van der Waals surface area contributed by atoms with E-state index in [1.807, 2.05) is 0 Å². The first-order valence-corrected chi connectivity index (χ1v) is 3.58. The van der Waals surface area contributed by atoms with E-state index >= 15 is 0 Å². The monoisotopic (exact) mass is 185 g/mol. The van der Waals surface area contributed by atoms with Crippen LogP contribution >= 0.6 is 11.6 Å². The van der Waals surface area contributed by atoms with E-state index in [0.29, 0.717) is 15.8 Å². The van der Waals surface area contributed by atoms with E-state index < -0.39 is 5.96 Å². The molecule has 0 saturated heterocycles. The molecule has 0 radical (unpaired) electrons. The predicted molar refractivity (Wildman–Crippen MR) is 47.6 cm³/mol. The quantitative estimate of drug-likeness (QED) is 0.352. The Kier molecular flexibility index (Phi) is 2.52. The summed E-state index contributed by atoms with van der Waals surface area (Å²) in [6, 6.07) is 6.57. The second kappa shape index (κ2) is 3.42. The maximum atomic E-state index is 9.18. The first-order chi connectivity index (χ1) is 5.63. The van der Waals surface area contributed by atoms with Gasteiger partial charge in [0.15, 0.2) is 0 Å². The van der Waals surface area contributed by atoms with Crippen molar-refractivity contribution in [2.45, 2.75) is 0 Å². The first kappa shape index (κ1) is 8.83. The number of nitrogens with one attached hydrogen (secondary N) is 1. The number of nitrogens with two attached hydrogens (primary N) is 1. The number of guanidine groups is 1. The molecule has 1 rings (SSSR count). The zero-order chi connectivity index (χ0) is 9.14. The molecule has 0 spiro atoms. The number of halogens is 1. The standard InChI is InChI=1S/C7H8ClN3O/c8-5-3-1-2-4-6(5)11(12)7(9)10/h1-4,12H,(H3,9,10). The number of hydrogen-bond acceptors (Lipinski definition) is 2. The van der Waals surface area contributed by atoms with Crippen LogP contribution in [0, 0.1) is 5.41 Å². The van der Waals surface area contributed by atoms with Crippen LogP contribution in [0.3, 0.4) is 0 Å². The van der Waals surface area contributed by atoms with Gasteiger partial charge in [-0.2, -0.15) is 5.06 Å². The van der Waals surface area contributed by atoms with Gasteiger partial charge in [-0.15, -0.1) is 0 Å². The third-order valence-electron chi connectivity index (χ3n) is 1.31. The van der Waals surface area contributed by atoms with Crippen molar-refractivity contribution in [2.75, 3.05) is 5.06 Å². The highest BCUT2D eigenvalue weighted by Gasteiger charge is 2.08. The summed E-state index contributed by atoms with van der Waals surface area (Å²) in [5.41, 5.74) is 5.34. The minimum Gasteiger partial charge on any atom is -0.368 e. The summed E-state index contributed by atoms with van der Waals surface area (Å²) >= 11 is 5.71. The molecule has 5 heteroatoms. The van der Waals surface area contributed by atoms with Gasteiger partial charge < -0.3 is 5.73 Å². The van der Waals surface area contributed by atoms with Crippen LogP contribution < -0.4 is 10.8 Å². The Morgan fingerprint density at radius 3 is 2.58 bits per heavy atom. The number of para-hydroxylation sites is 1. The summed E-state index contributed by atoms with van der Waals surface area (Å²) in [7, 11) is 0. The van der Waals surface area contributed by atoms with Crippen molar-refractivity contribution in [1.82, 2.24) is 0 Å². The Bertz CT molecular complexity index is 302. The molecular formula is C7H8ClN3O. The van der Waals surface area contributed by atoms with E-state index in [1.165, 1.54) is 0 Å². The highest BCUT2D eigenvalue weighted by Crippen LogP contribution is 2.23. The Balaban J connectivity index is 3.02. The van der Waals surface area contributed by atoms with Gasteiger partial charge in [-0.25, -0.2) is 0 Å². The molecule has 0 amide bonds. The molecule has 0 unspecified atom stereocenters. The molecule has 4 N–H and O–H groups in total. The Hall–Kier alpha value is -1.26. The lowest BCUT2D eigenvalue weighted by Crippen LogP contribution is -2.33. The number of anilines is 1. The van der Waals surface area contributed by atoms with Gasteiger partial charge in [-0.3, -0.25) is 10.6 Å². The molecule has 0 aliphatic rings. The maximum Gasteiger partial charge on any atom is 0.217 e. The van der Waals surface area contributed by atoms with Crippen LogP contribution in [0.5, 0.6) is 0 Å². The van der Waals surface area contributed by atoms with Crippen molar-refractivity contribution in [3.63, 3.8) is 0 Å². The second-order valence-corrected chi connectivity index (χ2v) is 2.56. The van der Waals surface area contributed by atoms with Crippen molar-refractivity contribution in [1.29, 1.82) is 5.41 Å². The smallest absolute Gasteiger partial charge is 0.217 e. The summed E-state index contributed by atoms with van der Waals surface area (Å²) in [4.78, 5) is 0. The lowest BCUT2D eigenvalue weighted by molar-refractivity contribution is 0.310. The molecule has 0 aliphatic heterocycles. The van der Waals surface area contributed by atoms with Crippen LogP contribution in [-0.2, 0) is 0 Å². The number of hydroxylamine groups is 1. The summed E-state index contributed by atoms with van der Waals surface area (Å²) in [6.45, 7) is 0. The molecule has 0 aliphatic carbocycles. The Morgan fingerprint density at radius 2 is 2.08 bits per heavy atom. The Morgan fingerprint density at radius 1 is 1.50 bits per heavy atom. The van der Waals surface area contributed by atoms with Gasteiger partial charge >= 0.3 is 0 Å². The minimum atomic E-state index is -0.469. The number of hydrogen-bond donors (Lipinski definition) is 3. The first-order valence-electron chi connectivity index (χ1n) is 3.20. The van der Waals surface area contributed by atoms with Gasteiger partial charge in [0.1, 0.15) is 0 Å². The van der Waals surface area contributed by atoms with E-state index in [-0.39, 0.29) is 0 Å². The fraction of sp³-hybridized carbons (Fsp3) is 0. The molecule has 4 nitrogen and oxygen atoms in total. The largest absolute Gasteiger partial charge is 0.368 e. The molecule has 0 atom stereocenters. The van der Waals surface area contributed by atoms with Crippen molar-refractivity contribution in [3.05, 3.63) is 29.3 Å². The summed E-state index contributed by atoms with van der Waals surface area (Å²) < 4.78 is 0. The third-order valence-corrected chi connectivity index (χ3v) is 1.63. The van der Waals surface area contributed by atoms with Crippen molar-refractivity contribution in [3.8, 4) is 0 Å². The molecule has 64 valence electrons. The van der Waals surface area contributed by atoms with E-state index in [0.717, 1.165) is 0 Å². The Labute approximate surface area is 74.6 Å². The zero-order valence-electron chi connectivity index (χ0n) is 6.16. The highest BCUT2D eigenvalue weighted by molar-refractivity contribution is 6.33. The molecule has 1 aromatic carbocycles. The average molecular weight is 186 g/mol. The molecule has 0 aromatic heterocycles. The minimum absolute atomic E-state index is 0.298. The van der Waals surface area contributed by atoms with Gasteiger partial charge in [-0.05, 0) is 12.1 Å². The van der Waals surface area contributed by atoms with E-state index in [2.05, 4.69) is 0 Å². The highest BCUT2D eigenvalue weighted by atomic mass is 35.5. The van der Waals surface area contributed by atoms with Gasteiger partial charge in [0.25, 0.3) is 0 Å². The van der Waals surface area contributed by atoms with E-state index in [1.54, 1.807) is 24.3 Å². The number of nitrogens with zero attached hydrogens (tertiary/aromatic N) is 1. The van der Waals surface area contributed by atoms with E-state index in [9.17, 15) is 5.21 Å². The molecule has 0 fully saturated rings. The summed E-state index contributed by atoms with van der Waals surface area (Å²) in [6.07, 6.45) is 0. The van der Waals surface area contributed by atoms with Crippen LogP contribution in [0.15, 0.2) is 24.3 Å². The molecular weight excluding hydrogens is 178 g/mol.